The lowest BCUT2D eigenvalue weighted by molar-refractivity contribution is 0.0848. The van der Waals surface area contributed by atoms with Crippen LogP contribution in [0.3, 0.4) is 0 Å². The predicted molar refractivity (Wildman–Crippen MR) is 78.4 cm³/mol. The van der Waals surface area contributed by atoms with Crippen LogP contribution in [0, 0.1) is 5.82 Å². The molecule has 0 saturated carbocycles. The van der Waals surface area contributed by atoms with E-state index in [1.807, 2.05) is 0 Å². The molecule has 2 aromatic rings. The van der Waals surface area contributed by atoms with Gasteiger partial charge in [0.05, 0.1) is 5.02 Å². The number of Topliss-reactive ketones (excluding diaryl/α,β-unsaturated/α-hetero) is 1. The van der Waals surface area contributed by atoms with Crippen LogP contribution >= 0.6 is 11.6 Å². The highest BCUT2D eigenvalue weighted by Crippen LogP contribution is 2.21. The van der Waals surface area contributed by atoms with Gasteiger partial charge in [-0.3, -0.25) is 4.79 Å². The lowest BCUT2D eigenvalue weighted by atomic mass is 10.1. The van der Waals surface area contributed by atoms with Crippen molar-refractivity contribution in [2.24, 2.45) is 0 Å². The van der Waals surface area contributed by atoms with Crippen LogP contribution in [0.15, 0.2) is 42.5 Å². The molecule has 0 heterocycles. The second kappa shape index (κ2) is 7.20. The molecular formula is C16H14ClFO3. The molecule has 21 heavy (non-hydrogen) atoms. The molecule has 5 heteroatoms. The average Bonchev–Trinajstić information content (AvgIpc) is 2.47. The number of benzene rings is 2. The van der Waals surface area contributed by atoms with Gasteiger partial charge in [-0.1, -0.05) is 17.7 Å². The summed E-state index contributed by atoms with van der Waals surface area (Å²) in [5.74, 6) is 0.0128. The first kappa shape index (κ1) is 15.5. The minimum Gasteiger partial charge on any atom is -0.489 e. The van der Waals surface area contributed by atoms with Crippen molar-refractivity contribution in [1.82, 2.24) is 0 Å². The molecule has 3 nitrogen and oxygen atoms in total. The molecule has 0 aliphatic rings. The number of ketones is 1. The van der Waals surface area contributed by atoms with Gasteiger partial charge >= 0.3 is 0 Å². The van der Waals surface area contributed by atoms with E-state index < -0.39 is 5.82 Å². The summed E-state index contributed by atoms with van der Waals surface area (Å²) in [6.45, 7) is 0.0574. The Balaban J connectivity index is 2.03. The van der Waals surface area contributed by atoms with Crippen LogP contribution in [0.25, 0.3) is 0 Å². The summed E-state index contributed by atoms with van der Waals surface area (Å²) in [5, 5.41) is 0.321. The fourth-order valence-electron chi connectivity index (χ4n) is 1.78. The van der Waals surface area contributed by atoms with Crippen molar-refractivity contribution in [2.75, 3.05) is 13.7 Å². The van der Waals surface area contributed by atoms with Crippen LogP contribution in [0.2, 0.25) is 5.02 Å². The Morgan fingerprint density at radius 1 is 1.19 bits per heavy atom. The van der Waals surface area contributed by atoms with Crippen LogP contribution < -0.4 is 4.74 Å². The van der Waals surface area contributed by atoms with E-state index >= 15 is 0 Å². The number of carbonyl (C=O) groups is 1. The molecule has 0 N–H and O–H groups in total. The molecule has 2 aromatic carbocycles. The molecule has 0 saturated heterocycles. The Kier molecular flexibility index (Phi) is 5.31. The van der Waals surface area contributed by atoms with Crippen LogP contribution in [-0.2, 0) is 11.3 Å². The van der Waals surface area contributed by atoms with Crippen molar-refractivity contribution in [2.45, 2.75) is 6.61 Å². The first-order valence-electron chi connectivity index (χ1n) is 6.29. The van der Waals surface area contributed by atoms with Gasteiger partial charge in [-0.05, 0) is 36.4 Å². The van der Waals surface area contributed by atoms with Gasteiger partial charge in [-0.25, -0.2) is 4.39 Å². The van der Waals surface area contributed by atoms with Gasteiger partial charge in [-0.15, -0.1) is 0 Å². The van der Waals surface area contributed by atoms with Crippen molar-refractivity contribution in [3.63, 3.8) is 0 Å². The van der Waals surface area contributed by atoms with Gasteiger partial charge in [0.15, 0.2) is 5.78 Å². The molecule has 0 amide bonds. The van der Waals surface area contributed by atoms with E-state index in [2.05, 4.69) is 0 Å². The van der Waals surface area contributed by atoms with Crippen molar-refractivity contribution in [3.8, 4) is 5.75 Å². The number of carbonyl (C=O) groups excluding carboxylic acids is 1. The monoisotopic (exact) mass is 308 g/mol. The molecule has 0 aliphatic heterocycles. The third-order valence-corrected chi connectivity index (χ3v) is 3.25. The van der Waals surface area contributed by atoms with Crippen LogP contribution in [0.5, 0.6) is 5.75 Å². The number of halogens is 2. The first-order chi connectivity index (χ1) is 10.1. The van der Waals surface area contributed by atoms with E-state index in [-0.39, 0.29) is 19.0 Å². The van der Waals surface area contributed by atoms with Crippen molar-refractivity contribution in [3.05, 3.63) is 64.4 Å². The van der Waals surface area contributed by atoms with Gasteiger partial charge in [-0.2, -0.15) is 0 Å². The molecule has 110 valence electrons. The summed E-state index contributed by atoms with van der Waals surface area (Å²) >= 11 is 5.92. The van der Waals surface area contributed by atoms with Gasteiger partial charge in [0.25, 0.3) is 0 Å². The third-order valence-electron chi connectivity index (χ3n) is 2.90. The largest absolute Gasteiger partial charge is 0.489 e. The van der Waals surface area contributed by atoms with Crippen LogP contribution in [0.4, 0.5) is 4.39 Å². The zero-order chi connectivity index (χ0) is 15.2. The highest BCUT2D eigenvalue weighted by atomic mass is 35.5. The van der Waals surface area contributed by atoms with Gasteiger partial charge in [0.1, 0.15) is 24.8 Å². The van der Waals surface area contributed by atoms with E-state index in [0.717, 1.165) is 0 Å². The highest BCUT2D eigenvalue weighted by molar-refractivity contribution is 6.31. The molecule has 0 atom stereocenters. The standard InChI is InChI=1S/C16H14ClFO3/c1-20-10-16(19)11-5-7-12(8-6-11)21-9-13-14(17)3-2-4-15(13)18/h2-8H,9-10H2,1H3. The smallest absolute Gasteiger partial charge is 0.188 e. The van der Waals surface area contributed by atoms with E-state index in [0.29, 0.717) is 21.9 Å². The second-order valence-electron chi connectivity index (χ2n) is 4.37. The fourth-order valence-corrected chi connectivity index (χ4v) is 1.99. The molecular weight excluding hydrogens is 295 g/mol. The van der Waals surface area contributed by atoms with E-state index in [1.165, 1.54) is 19.2 Å². The molecule has 0 radical (unpaired) electrons. The van der Waals surface area contributed by atoms with Crippen molar-refractivity contribution in [1.29, 1.82) is 0 Å². The Hall–Kier alpha value is -1.91. The van der Waals surface area contributed by atoms with Crippen LogP contribution in [-0.4, -0.2) is 19.5 Å². The SMILES string of the molecule is COCC(=O)c1ccc(OCc2c(F)cccc2Cl)cc1. The maximum absolute atomic E-state index is 13.6. The molecule has 0 aliphatic carbocycles. The van der Waals surface area contributed by atoms with Gasteiger partial charge < -0.3 is 9.47 Å². The topological polar surface area (TPSA) is 35.5 Å². The van der Waals surface area contributed by atoms with Gasteiger partial charge in [0, 0.05) is 18.2 Å². The first-order valence-corrected chi connectivity index (χ1v) is 6.67. The summed E-state index contributed by atoms with van der Waals surface area (Å²) in [7, 11) is 1.47. The fraction of sp³-hybridized carbons (Fsp3) is 0.188. The lowest BCUT2D eigenvalue weighted by Crippen LogP contribution is -2.06. The molecule has 0 bridgehead atoms. The average molecular weight is 309 g/mol. The molecule has 2 rings (SSSR count). The zero-order valence-electron chi connectivity index (χ0n) is 11.4. The maximum Gasteiger partial charge on any atom is 0.188 e. The van der Waals surface area contributed by atoms with Crippen molar-refractivity contribution < 1.29 is 18.7 Å². The number of hydrogen-bond acceptors (Lipinski definition) is 3. The number of rotatable bonds is 6. The Morgan fingerprint density at radius 3 is 2.52 bits per heavy atom. The minimum atomic E-state index is -0.408. The number of hydrogen-bond donors (Lipinski definition) is 0. The summed E-state index contributed by atoms with van der Waals surface area (Å²) < 4.78 is 23.8. The predicted octanol–water partition coefficient (Wildman–Crippen LogP) is 3.89. The second-order valence-corrected chi connectivity index (χ2v) is 4.78. The molecule has 0 spiro atoms. The minimum absolute atomic E-state index is 0.0247. The zero-order valence-corrected chi connectivity index (χ0v) is 12.2. The third kappa shape index (κ3) is 4.03. The highest BCUT2D eigenvalue weighted by Gasteiger charge is 2.08. The van der Waals surface area contributed by atoms with Crippen molar-refractivity contribution >= 4 is 17.4 Å². The molecule has 0 fully saturated rings. The maximum atomic E-state index is 13.6. The Labute approximate surface area is 127 Å². The summed E-state index contributed by atoms with van der Waals surface area (Å²) in [6, 6.07) is 11.1. The summed E-state index contributed by atoms with van der Waals surface area (Å²) in [5.41, 5.74) is 0.840. The Morgan fingerprint density at radius 2 is 1.90 bits per heavy atom. The normalized spacial score (nSPS) is 10.4. The van der Waals surface area contributed by atoms with E-state index in [4.69, 9.17) is 21.1 Å². The van der Waals surface area contributed by atoms with E-state index in [9.17, 15) is 9.18 Å². The number of ether oxygens (including phenoxy) is 2. The van der Waals surface area contributed by atoms with Gasteiger partial charge in [0.2, 0.25) is 0 Å². The van der Waals surface area contributed by atoms with Crippen LogP contribution in [0.1, 0.15) is 15.9 Å². The number of methoxy groups -OCH3 is 1. The molecule has 0 aromatic heterocycles. The molecule has 0 unspecified atom stereocenters. The quantitative estimate of drug-likeness (QED) is 0.760. The lowest BCUT2D eigenvalue weighted by Gasteiger charge is -2.09. The summed E-state index contributed by atoms with van der Waals surface area (Å²) in [4.78, 5) is 11.6. The summed E-state index contributed by atoms with van der Waals surface area (Å²) in [6.07, 6.45) is 0. The Bertz CT molecular complexity index is 606. The van der Waals surface area contributed by atoms with E-state index in [1.54, 1.807) is 30.3 Å².